The molecule has 0 bridgehead atoms. The Morgan fingerprint density at radius 1 is 1.05 bits per heavy atom. The molecular formula is C16H21N3. The maximum Gasteiger partial charge on any atom is 0.142 e. The smallest absolute Gasteiger partial charge is 0.142 e. The number of nitrogens with zero attached hydrogens (tertiary/aromatic N) is 2. The summed E-state index contributed by atoms with van der Waals surface area (Å²) in [6, 6.07) is 4.23. The number of nitrogens with one attached hydrogen (secondary N) is 1. The van der Waals surface area contributed by atoms with E-state index < -0.39 is 0 Å². The first-order valence-corrected chi connectivity index (χ1v) is 6.59. The van der Waals surface area contributed by atoms with Crippen molar-refractivity contribution in [3.63, 3.8) is 0 Å². The van der Waals surface area contributed by atoms with Crippen LogP contribution in [0.2, 0.25) is 0 Å². The molecule has 1 heterocycles. The van der Waals surface area contributed by atoms with E-state index in [4.69, 9.17) is 0 Å². The predicted octanol–water partition coefficient (Wildman–Crippen LogP) is 3.10. The molecule has 1 aromatic heterocycles. The van der Waals surface area contributed by atoms with Gasteiger partial charge in [-0.15, -0.1) is 0 Å². The zero-order valence-electron chi connectivity index (χ0n) is 12.3. The first kappa shape index (κ1) is 13.7. The molecule has 2 rings (SSSR count). The molecule has 1 aromatic carbocycles. The fourth-order valence-corrected chi connectivity index (χ4v) is 2.38. The molecule has 100 valence electrons. The lowest BCUT2D eigenvalue weighted by molar-refractivity contribution is 0.759. The summed E-state index contributed by atoms with van der Waals surface area (Å²) in [4.78, 5) is 8.95. The maximum absolute atomic E-state index is 4.66. The highest BCUT2D eigenvalue weighted by atomic mass is 14.9. The maximum atomic E-state index is 4.66. The Morgan fingerprint density at radius 3 is 2.26 bits per heavy atom. The van der Waals surface area contributed by atoms with E-state index in [0.717, 1.165) is 11.5 Å². The number of rotatable bonds is 3. The molecule has 0 amide bonds. The van der Waals surface area contributed by atoms with Gasteiger partial charge in [0.1, 0.15) is 5.82 Å². The van der Waals surface area contributed by atoms with Crippen LogP contribution in [-0.2, 0) is 6.54 Å². The van der Waals surface area contributed by atoms with Crippen molar-refractivity contribution in [2.24, 2.45) is 0 Å². The summed E-state index contributed by atoms with van der Waals surface area (Å²) in [7, 11) is 1.91. The predicted molar refractivity (Wildman–Crippen MR) is 79.2 cm³/mol. The minimum Gasteiger partial charge on any atom is -0.313 e. The number of aromatic nitrogens is 2. The lowest BCUT2D eigenvalue weighted by Crippen LogP contribution is -2.09. The molecule has 0 saturated carbocycles. The van der Waals surface area contributed by atoms with Crippen LogP contribution in [0.3, 0.4) is 0 Å². The van der Waals surface area contributed by atoms with Crippen LogP contribution in [0.1, 0.15) is 28.1 Å². The highest BCUT2D eigenvalue weighted by molar-refractivity contribution is 5.70. The van der Waals surface area contributed by atoms with E-state index in [1.807, 2.05) is 19.3 Å². The Bertz CT molecular complexity index is 577. The van der Waals surface area contributed by atoms with Gasteiger partial charge in [0.25, 0.3) is 0 Å². The topological polar surface area (TPSA) is 37.8 Å². The standard InChI is InChI=1S/C16H21N3/c1-10-8-11(2)13(4)16(12(10)3)14-6-7-18-15(19-14)9-17-5/h6-8,17H,9H2,1-5H3. The molecular weight excluding hydrogens is 234 g/mol. The average molecular weight is 255 g/mol. The molecule has 0 aliphatic carbocycles. The molecule has 0 spiro atoms. The van der Waals surface area contributed by atoms with Crippen LogP contribution in [0.15, 0.2) is 18.3 Å². The van der Waals surface area contributed by atoms with E-state index in [1.165, 1.54) is 27.8 Å². The summed E-state index contributed by atoms with van der Waals surface area (Å²) >= 11 is 0. The summed E-state index contributed by atoms with van der Waals surface area (Å²) < 4.78 is 0. The second-order valence-electron chi connectivity index (χ2n) is 5.02. The van der Waals surface area contributed by atoms with Crippen LogP contribution in [0.5, 0.6) is 0 Å². The van der Waals surface area contributed by atoms with Gasteiger partial charge in [-0.25, -0.2) is 9.97 Å². The van der Waals surface area contributed by atoms with Crippen LogP contribution in [0, 0.1) is 27.7 Å². The molecule has 19 heavy (non-hydrogen) atoms. The van der Waals surface area contributed by atoms with Gasteiger partial charge in [-0.3, -0.25) is 0 Å². The second-order valence-corrected chi connectivity index (χ2v) is 5.02. The van der Waals surface area contributed by atoms with Crippen molar-refractivity contribution in [3.8, 4) is 11.3 Å². The van der Waals surface area contributed by atoms with Crippen molar-refractivity contribution in [1.82, 2.24) is 15.3 Å². The Balaban J connectivity index is 2.61. The van der Waals surface area contributed by atoms with Crippen molar-refractivity contribution in [2.75, 3.05) is 7.05 Å². The van der Waals surface area contributed by atoms with Crippen LogP contribution in [0.4, 0.5) is 0 Å². The van der Waals surface area contributed by atoms with Gasteiger partial charge in [0.15, 0.2) is 0 Å². The third-order valence-electron chi connectivity index (χ3n) is 3.66. The monoisotopic (exact) mass is 255 g/mol. The highest BCUT2D eigenvalue weighted by Crippen LogP contribution is 2.30. The van der Waals surface area contributed by atoms with Crippen LogP contribution >= 0.6 is 0 Å². The van der Waals surface area contributed by atoms with Gasteiger partial charge in [0.2, 0.25) is 0 Å². The van der Waals surface area contributed by atoms with Gasteiger partial charge in [0, 0.05) is 11.8 Å². The zero-order chi connectivity index (χ0) is 14.0. The first-order valence-electron chi connectivity index (χ1n) is 6.59. The van der Waals surface area contributed by atoms with E-state index in [-0.39, 0.29) is 0 Å². The third kappa shape index (κ3) is 2.66. The zero-order valence-corrected chi connectivity index (χ0v) is 12.3. The van der Waals surface area contributed by atoms with Gasteiger partial charge in [-0.1, -0.05) is 6.07 Å². The molecule has 0 saturated heterocycles. The molecule has 3 heteroatoms. The van der Waals surface area contributed by atoms with E-state index in [1.54, 1.807) is 0 Å². The van der Waals surface area contributed by atoms with Crippen molar-refractivity contribution in [2.45, 2.75) is 34.2 Å². The SMILES string of the molecule is CNCc1nccc(-c2c(C)c(C)cc(C)c2C)n1. The average Bonchev–Trinajstić information content (AvgIpc) is 2.38. The van der Waals surface area contributed by atoms with Crippen LogP contribution < -0.4 is 5.32 Å². The second kappa shape index (κ2) is 5.49. The largest absolute Gasteiger partial charge is 0.313 e. The normalized spacial score (nSPS) is 10.8. The Morgan fingerprint density at radius 2 is 1.68 bits per heavy atom. The van der Waals surface area contributed by atoms with E-state index in [0.29, 0.717) is 6.54 Å². The molecule has 2 aromatic rings. The summed E-state index contributed by atoms with van der Waals surface area (Å²) in [5, 5.41) is 3.09. The van der Waals surface area contributed by atoms with Crippen molar-refractivity contribution in [1.29, 1.82) is 0 Å². The molecule has 0 unspecified atom stereocenters. The summed E-state index contributed by atoms with van der Waals surface area (Å²) in [6.45, 7) is 9.33. The lowest BCUT2D eigenvalue weighted by atomic mass is 9.92. The Hall–Kier alpha value is -1.74. The summed E-state index contributed by atoms with van der Waals surface area (Å²) in [5.41, 5.74) is 7.49. The third-order valence-corrected chi connectivity index (χ3v) is 3.66. The van der Waals surface area contributed by atoms with Crippen molar-refractivity contribution in [3.05, 3.63) is 46.4 Å². The highest BCUT2D eigenvalue weighted by Gasteiger charge is 2.12. The molecule has 0 radical (unpaired) electrons. The number of hydrogen-bond donors (Lipinski definition) is 1. The van der Waals surface area contributed by atoms with Gasteiger partial charge in [-0.2, -0.15) is 0 Å². The van der Waals surface area contributed by atoms with Gasteiger partial charge in [0.05, 0.1) is 12.2 Å². The lowest BCUT2D eigenvalue weighted by Gasteiger charge is -2.15. The number of aryl methyl sites for hydroxylation is 2. The van der Waals surface area contributed by atoms with Crippen LogP contribution in [0.25, 0.3) is 11.3 Å². The van der Waals surface area contributed by atoms with Gasteiger partial charge in [-0.05, 0) is 63.1 Å². The van der Waals surface area contributed by atoms with E-state index in [9.17, 15) is 0 Å². The molecule has 0 aliphatic rings. The Kier molecular flexibility index (Phi) is 3.96. The van der Waals surface area contributed by atoms with Gasteiger partial charge >= 0.3 is 0 Å². The van der Waals surface area contributed by atoms with E-state index in [2.05, 4.69) is 49.0 Å². The van der Waals surface area contributed by atoms with E-state index >= 15 is 0 Å². The minimum atomic E-state index is 0.691. The summed E-state index contributed by atoms with van der Waals surface area (Å²) in [5.74, 6) is 0.831. The van der Waals surface area contributed by atoms with Crippen molar-refractivity contribution >= 4 is 0 Å². The molecule has 0 aliphatic heterocycles. The van der Waals surface area contributed by atoms with Gasteiger partial charge < -0.3 is 5.32 Å². The molecule has 0 atom stereocenters. The Labute approximate surface area is 115 Å². The molecule has 0 fully saturated rings. The number of hydrogen-bond acceptors (Lipinski definition) is 3. The molecule has 3 nitrogen and oxygen atoms in total. The van der Waals surface area contributed by atoms with Crippen LogP contribution in [-0.4, -0.2) is 17.0 Å². The number of benzene rings is 1. The quantitative estimate of drug-likeness (QED) is 0.915. The first-order chi connectivity index (χ1) is 9.04. The molecule has 1 N–H and O–H groups in total. The fraction of sp³-hybridized carbons (Fsp3) is 0.375. The fourth-order valence-electron chi connectivity index (χ4n) is 2.38. The summed E-state index contributed by atoms with van der Waals surface area (Å²) in [6.07, 6.45) is 1.84. The minimum absolute atomic E-state index is 0.691. The van der Waals surface area contributed by atoms with Crippen molar-refractivity contribution < 1.29 is 0 Å².